The van der Waals surface area contributed by atoms with Crippen LogP contribution in [-0.4, -0.2) is 5.97 Å². The van der Waals surface area contributed by atoms with E-state index < -0.39 is 5.97 Å². The molecule has 0 aliphatic rings. The van der Waals surface area contributed by atoms with Gasteiger partial charge >= 0.3 is 29.6 Å². The second-order valence-corrected chi connectivity index (χ2v) is 3.79. The Hall–Kier alpha value is -0.680. The van der Waals surface area contributed by atoms with E-state index in [0.29, 0.717) is 22.1 Å². The van der Waals surface area contributed by atoms with E-state index in [1.807, 2.05) is 0 Å². The third-order valence-corrected chi connectivity index (χ3v) is 2.78. The topological polar surface area (TPSA) is 57.2 Å². The Morgan fingerprint density at radius 1 is 1.27 bits per heavy atom. The molecule has 70 valence electrons. The van der Waals surface area contributed by atoms with Crippen LogP contribution in [0, 0.1) is 0 Å². The summed E-state index contributed by atoms with van der Waals surface area (Å²) in [5.74, 6) is -1.31. The summed E-state index contributed by atoms with van der Waals surface area (Å²) in [6.07, 6.45) is 0. The summed E-state index contributed by atoms with van der Waals surface area (Å²) in [6, 6.07) is 8.33. The average molecular weight is 228 g/mol. The van der Waals surface area contributed by atoms with Crippen LogP contribution in [-0.2, 0) is 0 Å². The number of fused-ring (bicyclic) bond motifs is 1. The number of hydrogen-bond donors (Lipinski definition) is 0. The van der Waals surface area contributed by atoms with Gasteiger partial charge in [0.15, 0.2) is 0 Å². The number of carboxylic acid groups (broad SMARTS) is 1. The molecule has 0 aliphatic carbocycles. The summed E-state index contributed by atoms with van der Waals surface area (Å²) in [4.78, 5) is 22.0. The molecule has 0 amide bonds. The zero-order valence-corrected chi connectivity index (χ0v) is 10.8. The molecular weight excluding hydrogens is 223 g/mol. The molecule has 1 aromatic carbocycles. The fourth-order valence-electron chi connectivity index (χ4n) is 1.23. The van der Waals surface area contributed by atoms with Gasteiger partial charge in [-0.05, 0) is 17.5 Å². The maximum absolute atomic E-state index is 11.4. The van der Waals surface area contributed by atoms with E-state index >= 15 is 0 Å². The first kappa shape index (κ1) is 12.4. The van der Waals surface area contributed by atoms with Crippen LogP contribution >= 0.6 is 11.3 Å². The average Bonchev–Trinajstić information content (AvgIpc) is 2.17. The molecule has 0 spiro atoms. The van der Waals surface area contributed by atoms with E-state index in [4.69, 9.17) is 0 Å². The molecule has 0 radical (unpaired) electrons. The molecule has 15 heavy (non-hydrogen) atoms. The number of carbonyl (C=O) groups excluding carboxylic acids is 1. The Morgan fingerprint density at radius 2 is 1.93 bits per heavy atom. The van der Waals surface area contributed by atoms with Gasteiger partial charge in [-0.1, -0.05) is 29.5 Å². The minimum atomic E-state index is -1.31. The fourth-order valence-corrected chi connectivity index (χ4v) is 2.00. The number of carboxylic acids is 1. The molecule has 1 heterocycles. The maximum Gasteiger partial charge on any atom is 1.00 e. The van der Waals surface area contributed by atoms with Crippen LogP contribution in [0.1, 0.15) is 9.67 Å². The van der Waals surface area contributed by atoms with Gasteiger partial charge < -0.3 is 9.90 Å². The van der Waals surface area contributed by atoms with Crippen molar-refractivity contribution in [3.63, 3.8) is 0 Å². The second kappa shape index (κ2) is 4.90. The smallest absolute Gasteiger partial charge is 0.544 e. The molecule has 0 bridgehead atoms. The van der Waals surface area contributed by atoms with Crippen molar-refractivity contribution >= 4 is 28.1 Å². The Balaban J connectivity index is 0.00000112. The van der Waals surface area contributed by atoms with Crippen LogP contribution in [0.15, 0.2) is 35.1 Å². The van der Waals surface area contributed by atoms with Gasteiger partial charge in [0.05, 0.1) is 10.8 Å². The van der Waals surface area contributed by atoms with E-state index in [9.17, 15) is 14.7 Å². The van der Waals surface area contributed by atoms with Crippen molar-refractivity contribution in [1.29, 1.82) is 0 Å². The predicted octanol–water partition coefficient (Wildman–Crippen LogP) is -2.37. The van der Waals surface area contributed by atoms with Crippen molar-refractivity contribution in [2.45, 2.75) is 0 Å². The van der Waals surface area contributed by atoms with Crippen molar-refractivity contribution in [1.82, 2.24) is 0 Å². The molecule has 0 unspecified atom stereocenters. The summed E-state index contributed by atoms with van der Waals surface area (Å²) >= 11 is 0.697. The molecular formula is C10H5NaO3S. The SMILES string of the molecule is O=C([O-])c1cc2ccccc2c(=O)s1.[Na+]. The number of carbonyl (C=O) groups is 1. The van der Waals surface area contributed by atoms with Gasteiger partial charge in [0, 0.05) is 5.39 Å². The second-order valence-electron chi connectivity index (χ2n) is 2.77. The van der Waals surface area contributed by atoms with Crippen molar-refractivity contribution in [3.05, 3.63) is 44.7 Å². The molecule has 1 aromatic heterocycles. The number of benzene rings is 1. The van der Waals surface area contributed by atoms with Crippen LogP contribution in [0.25, 0.3) is 10.8 Å². The summed E-state index contributed by atoms with van der Waals surface area (Å²) in [6.45, 7) is 0. The van der Waals surface area contributed by atoms with Crippen LogP contribution in [0.5, 0.6) is 0 Å². The minimum Gasteiger partial charge on any atom is -0.544 e. The standard InChI is InChI=1S/C10H6O3S.Na/c11-9(12)8-5-6-3-1-2-4-7(6)10(13)14-8;/h1-5H,(H,11,12);/q;+1/p-1. The van der Waals surface area contributed by atoms with Crippen molar-refractivity contribution in [2.75, 3.05) is 0 Å². The number of rotatable bonds is 1. The predicted molar refractivity (Wildman–Crippen MR) is 52.4 cm³/mol. The van der Waals surface area contributed by atoms with Gasteiger partial charge in [-0.2, -0.15) is 0 Å². The largest absolute Gasteiger partial charge is 1.00 e. The monoisotopic (exact) mass is 228 g/mol. The van der Waals surface area contributed by atoms with Gasteiger partial charge in [0.2, 0.25) is 4.74 Å². The van der Waals surface area contributed by atoms with Crippen LogP contribution in [0.4, 0.5) is 0 Å². The van der Waals surface area contributed by atoms with Gasteiger partial charge in [0.1, 0.15) is 0 Å². The summed E-state index contributed by atoms with van der Waals surface area (Å²) in [5.41, 5.74) is 0. The normalized spacial score (nSPS) is 9.60. The molecule has 0 saturated carbocycles. The molecule has 5 heteroatoms. The molecule has 0 fully saturated rings. The molecule has 3 nitrogen and oxygen atoms in total. The van der Waals surface area contributed by atoms with E-state index in [-0.39, 0.29) is 39.2 Å². The van der Waals surface area contributed by atoms with E-state index in [2.05, 4.69) is 0 Å². The van der Waals surface area contributed by atoms with Crippen molar-refractivity contribution in [3.8, 4) is 0 Å². The van der Waals surface area contributed by atoms with Crippen molar-refractivity contribution in [2.24, 2.45) is 0 Å². The quantitative estimate of drug-likeness (QED) is 0.513. The molecule has 2 rings (SSSR count). The first-order chi connectivity index (χ1) is 6.68. The Labute approximate surface area is 112 Å². The van der Waals surface area contributed by atoms with Crippen LogP contribution in [0.3, 0.4) is 0 Å². The third-order valence-electron chi connectivity index (χ3n) is 1.87. The zero-order valence-electron chi connectivity index (χ0n) is 8.02. The van der Waals surface area contributed by atoms with Gasteiger partial charge in [0.25, 0.3) is 0 Å². The Morgan fingerprint density at radius 3 is 2.60 bits per heavy atom. The minimum absolute atomic E-state index is 0. The third kappa shape index (κ3) is 2.46. The molecule has 0 atom stereocenters. The number of hydrogen-bond acceptors (Lipinski definition) is 4. The maximum atomic E-state index is 11.4. The van der Waals surface area contributed by atoms with Crippen molar-refractivity contribution < 1.29 is 39.5 Å². The molecule has 2 aromatic rings. The molecule has 0 aliphatic heterocycles. The van der Waals surface area contributed by atoms with E-state index in [1.165, 1.54) is 6.07 Å². The molecule has 0 saturated heterocycles. The summed E-state index contributed by atoms with van der Waals surface area (Å²) in [5, 5.41) is 11.7. The number of aromatic carboxylic acids is 1. The summed E-state index contributed by atoms with van der Waals surface area (Å²) in [7, 11) is 0. The zero-order chi connectivity index (χ0) is 10.1. The Bertz CT molecular complexity index is 562. The van der Waals surface area contributed by atoms with Crippen LogP contribution < -0.4 is 39.4 Å². The van der Waals surface area contributed by atoms with Gasteiger partial charge in [-0.15, -0.1) is 0 Å². The Kier molecular flexibility index (Phi) is 4.04. The van der Waals surface area contributed by atoms with Gasteiger partial charge in [-0.3, -0.25) is 4.79 Å². The first-order valence-corrected chi connectivity index (χ1v) is 4.74. The first-order valence-electron chi connectivity index (χ1n) is 3.93. The van der Waals surface area contributed by atoms with E-state index in [1.54, 1.807) is 24.3 Å². The van der Waals surface area contributed by atoms with E-state index in [0.717, 1.165) is 0 Å². The fraction of sp³-hybridized carbons (Fsp3) is 0. The van der Waals surface area contributed by atoms with Gasteiger partial charge in [-0.25, -0.2) is 0 Å². The van der Waals surface area contributed by atoms with Crippen LogP contribution in [0.2, 0.25) is 0 Å². The summed E-state index contributed by atoms with van der Waals surface area (Å²) < 4.78 is -0.248. The molecule has 0 N–H and O–H groups in total.